The predicted octanol–water partition coefficient (Wildman–Crippen LogP) is 2.94. The van der Waals surface area contributed by atoms with E-state index in [9.17, 15) is 41.0 Å². The quantitative estimate of drug-likeness (QED) is 0.490. The van der Waals surface area contributed by atoms with Crippen LogP contribution in [0.15, 0.2) is 48.0 Å². The number of halogens is 6. The second kappa shape index (κ2) is 7.70. The molecule has 31 heavy (non-hydrogen) atoms. The van der Waals surface area contributed by atoms with Gasteiger partial charge in [-0.15, -0.1) is 0 Å². The van der Waals surface area contributed by atoms with E-state index >= 15 is 0 Å². The van der Waals surface area contributed by atoms with Crippen molar-refractivity contribution in [3.8, 4) is 5.69 Å². The van der Waals surface area contributed by atoms with Crippen molar-refractivity contribution in [1.82, 2.24) is 24.3 Å². The molecule has 0 fully saturated rings. The zero-order chi connectivity index (χ0) is 23.0. The summed E-state index contributed by atoms with van der Waals surface area (Å²) in [5.74, 6) is -1.49. The highest BCUT2D eigenvalue weighted by Gasteiger charge is 2.37. The van der Waals surface area contributed by atoms with Crippen molar-refractivity contribution in [3.63, 3.8) is 0 Å². The first-order valence-electron chi connectivity index (χ1n) is 8.04. The third-order valence-electron chi connectivity index (χ3n) is 3.88. The fraction of sp³-hybridized carbons (Fsp3) is 0.118. The molecule has 1 aromatic carbocycles. The summed E-state index contributed by atoms with van der Waals surface area (Å²) < 4.78 is 79.1. The first-order chi connectivity index (χ1) is 14.4. The first-order valence-corrected chi connectivity index (χ1v) is 8.04. The number of carbonyl (C=O) groups is 1. The van der Waals surface area contributed by atoms with E-state index in [1.165, 1.54) is 0 Å². The van der Waals surface area contributed by atoms with Gasteiger partial charge in [0.05, 0.1) is 22.4 Å². The van der Waals surface area contributed by atoms with Gasteiger partial charge in [-0.25, -0.2) is 19.6 Å². The van der Waals surface area contributed by atoms with Crippen molar-refractivity contribution in [1.29, 1.82) is 0 Å². The molecule has 0 atom stereocenters. The molecule has 3 rings (SSSR count). The summed E-state index contributed by atoms with van der Waals surface area (Å²) in [6.45, 7) is 0. The highest BCUT2D eigenvalue weighted by Crippen LogP contribution is 2.36. The van der Waals surface area contributed by atoms with Gasteiger partial charge in [0, 0.05) is 24.2 Å². The molecule has 0 aliphatic heterocycles. The highest BCUT2D eigenvalue weighted by atomic mass is 19.4. The molecular weight excluding hydrogens is 436 g/mol. The van der Waals surface area contributed by atoms with Crippen molar-refractivity contribution in [2.75, 3.05) is 0 Å². The largest absolute Gasteiger partial charge is 0.478 e. The molecule has 3 aromatic rings. The van der Waals surface area contributed by atoms with Crippen molar-refractivity contribution in [3.05, 3.63) is 70.4 Å². The van der Waals surface area contributed by atoms with Gasteiger partial charge in [0.15, 0.2) is 0 Å². The van der Waals surface area contributed by atoms with E-state index in [1.807, 2.05) is 0 Å². The summed E-state index contributed by atoms with van der Waals surface area (Å²) in [6.07, 6.45) is -5.33. The predicted molar refractivity (Wildman–Crippen MR) is 91.7 cm³/mol. The number of aromatic nitrogens is 5. The molecule has 0 radical (unpaired) electrons. The fourth-order valence-electron chi connectivity index (χ4n) is 2.47. The van der Waals surface area contributed by atoms with E-state index < -0.39 is 46.4 Å². The fourth-order valence-corrected chi connectivity index (χ4v) is 2.47. The lowest BCUT2D eigenvalue weighted by atomic mass is 10.1. The topological polar surface area (TPSA) is 103 Å². The van der Waals surface area contributed by atoms with Crippen molar-refractivity contribution in [2.45, 2.75) is 12.4 Å². The molecule has 2 aromatic heterocycles. The van der Waals surface area contributed by atoms with E-state index in [0.717, 1.165) is 31.2 Å². The third kappa shape index (κ3) is 4.62. The van der Waals surface area contributed by atoms with E-state index in [0.29, 0.717) is 16.7 Å². The van der Waals surface area contributed by atoms with Gasteiger partial charge < -0.3 is 5.11 Å². The first kappa shape index (κ1) is 21.7. The van der Waals surface area contributed by atoms with Crippen LogP contribution >= 0.6 is 0 Å². The summed E-state index contributed by atoms with van der Waals surface area (Å²) in [5, 5.41) is 12.8. The van der Waals surface area contributed by atoms with Gasteiger partial charge >= 0.3 is 24.0 Å². The van der Waals surface area contributed by atoms with Crippen LogP contribution in [0.5, 0.6) is 0 Å². The molecule has 162 valence electrons. The molecular formula is C17H9F6N5O3. The van der Waals surface area contributed by atoms with Crippen molar-refractivity contribution in [2.24, 2.45) is 0 Å². The lowest BCUT2D eigenvalue weighted by molar-refractivity contribution is -0.143. The lowest BCUT2D eigenvalue weighted by Gasteiger charge is -2.13. The normalized spacial score (nSPS) is 12.8. The Bertz CT molecular complexity index is 1180. The SMILES string of the molecule is O=C(O)/C(=C/n1cnn(-c2cc(C(F)(F)F)cc(C(F)(F)F)c2)c1=O)c1cncnc1. The van der Waals surface area contributed by atoms with Crippen LogP contribution < -0.4 is 5.69 Å². The van der Waals surface area contributed by atoms with Crippen LogP contribution in [0.25, 0.3) is 17.5 Å². The van der Waals surface area contributed by atoms with Crippen LogP contribution in [0.4, 0.5) is 26.3 Å². The molecule has 1 N–H and O–H groups in total. The minimum Gasteiger partial charge on any atom is -0.478 e. The van der Waals surface area contributed by atoms with Gasteiger partial charge in [-0.2, -0.15) is 36.1 Å². The van der Waals surface area contributed by atoms with Crippen molar-refractivity contribution < 1.29 is 36.2 Å². The molecule has 8 nitrogen and oxygen atoms in total. The third-order valence-corrected chi connectivity index (χ3v) is 3.88. The Labute approximate surface area is 167 Å². The smallest absolute Gasteiger partial charge is 0.416 e. The molecule has 0 aliphatic rings. The maximum Gasteiger partial charge on any atom is 0.416 e. The van der Waals surface area contributed by atoms with Gasteiger partial charge in [0.25, 0.3) is 0 Å². The maximum absolute atomic E-state index is 13.0. The molecule has 0 saturated heterocycles. The molecule has 0 aliphatic carbocycles. The van der Waals surface area contributed by atoms with Crippen LogP contribution in [0.1, 0.15) is 16.7 Å². The van der Waals surface area contributed by atoms with Crippen molar-refractivity contribution >= 4 is 17.7 Å². The number of carboxylic acids is 1. The van der Waals surface area contributed by atoms with Crippen LogP contribution in [0.3, 0.4) is 0 Å². The van der Waals surface area contributed by atoms with E-state index in [4.69, 9.17) is 0 Å². The van der Waals surface area contributed by atoms with Gasteiger partial charge in [0.1, 0.15) is 12.7 Å². The van der Waals surface area contributed by atoms with E-state index in [1.54, 1.807) is 0 Å². The molecule has 0 saturated carbocycles. The number of nitrogens with zero attached hydrogens (tertiary/aromatic N) is 5. The Balaban J connectivity index is 2.15. The molecule has 2 heterocycles. The van der Waals surface area contributed by atoms with Gasteiger partial charge in [-0.05, 0) is 18.2 Å². The molecule has 0 unspecified atom stereocenters. The summed E-state index contributed by atoms with van der Waals surface area (Å²) in [6, 6.07) is 0.547. The number of aliphatic carboxylic acids is 1. The molecule has 0 bridgehead atoms. The summed E-state index contributed by atoms with van der Waals surface area (Å²) in [5.41, 5.74) is -5.76. The highest BCUT2D eigenvalue weighted by molar-refractivity contribution is 6.19. The minimum absolute atomic E-state index is 0.00641. The van der Waals surface area contributed by atoms with Crippen LogP contribution in [0.2, 0.25) is 0 Å². The Morgan fingerprint density at radius 1 is 0.968 bits per heavy atom. The van der Waals surface area contributed by atoms with Crippen LogP contribution in [-0.4, -0.2) is 35.4 Å². The second-order valence-electron chi connectivity index (χ2n) is 5.97. The number of alkyl halides is 6. The number of hydrogen-bond acceptors (Lipinski definition) is 5. The Kier molecular flexibility index (Phi) is 5.40. The Hall–Kier alpha value is -3.97. The van der Waals surface area contributed by atoms with Crippen LogP contribution in [-0.2, 0) is 17.1 Å². The average Bonchev–Trinajstić information content (AvgIpc) is 3.05. The van der Waals surface area contributed by atoms with Gasteiger partial charge in [-0.1, -0.05) is 0 Å². The van der Waals surface area contributed by atoms with Gasteiger partial charge in [-0.3, -0.25) is 4.57 Å². The molecule has 14 heteroatoms. The lowest BCUT2D eigenvalue weighted by Crippen LogP contribution is -2.23. The maximum atomic E-state index is 13.0. The standard InChI is InChI=1S/C17H9F6N5O3/c18-16(19,20)10-1-11(17(21,22)23)3-12(2-10)28-15(31)27(8-26-28)6-13(14(29)30)9-4-24-7-25-5-9/h1-8H,(H,29,30)/b13-6+. The zero-order valence-corrected chi connectivity index (χ0v) is 14.9. The second-order valence-corrected chi connectivity index (χ2v) is 5.97. The minimum atomic E-state index is -5.12. The zero-order valence-electron chi connectivity index (χ0n) is 14.9. The average molecular weight is 445 g/mol. The molecule has 0 spiro atoms. The summed E-state index contributed by atoms with van der Waals surface area (Å²) >= 11 is 0. The van der Waals surface area contributed by atoms with Crippen LogP contribution in [0, 0.1) is 0 Å². The van der Waals surface area contributed by atoms with E-state index in [-0.39, 0.29) is 16.3 Å². The number of hydrogen-bond donors (Lipinski definition) is 1. The molecule has 0 amide bonds. The van der Waals surface area contributed by atoms with Gasteiger partial charge in [0.2, 0.25) is 0 Å². The monoisotopic (exact) mass is 445 g/mol. The Morgan fingerprint density at radius 2 is 1.52 bits per heavy atom. The summed E-state index contributed by atoms with van der Waals surface area (Å²) in [4.78, 5) is 31.3. The number of carboxylic acid groups (broad SMARTS) is 1. The summed E-state index contributed by atoms with van der Waals surface area (Å²) in [7, 11) is 0. The number of benzene rings is 1. The Morgan fingerprint density at radius 3 is 2.00 bits per heavy atom. The number of rotatable bonds is 4. The van der Waals surface area contributed by atoms with E-state index in [2.05, 4.69) is 15.1 Å².